The molecule has 0 saturated carbocycles. The highest BCUT2D eigenvalue weighted by atomic mass is 32.2. The molecule has 0 bridgehead atoms. The van der Waals surface area contributed by atoms with Crippen LogP contribution in [0.2, 0.25) is 0 Å². The summed E-state index contributed by atoms with van der Waals surface area (Å²) in [4.78, 5) is 19.0. The van der Waals surface area contributed by atoms with Crippen LogP contribution in [-0.4, -0.2) is 30.8 Å². The molecule has 0 amide bonds. The molecular formula is C18H19N3O2S. The fourth-order valence-corrected chi connectivity index (χ4v) is 4.18. The van der Waals surface area contributed by atoms with E-state index in [1.54, 1.807) is 6.92 Å². The van der Waals surface area contributed by atoms with Crippen molar-refractivity contribution in [1.82, 2.24) is 0 Å². The molecule has 2 atom stereocenters. The number of thioether (sulfide) groups is 1. The minimum absolute atomic E-state index is 0.220. The number of para-hydroxylation sites is 1. The fourth-order valence-electron chi connectivity index (χ4n) is 2.80. The highest BCUT2D eigenvalue weighted by Gasteiger charge is 2.38. The number of rotatable bonds is 3. The predicted octanol–water partition coefficient (Wildman–Crippen LogP) is 4.34. The first-order chi connectivity index (χ1) is 11.5. The number of benzene rings is 2. The summed E-state index contributed by atoms with van der Waals surface area (Å²) in [6.45, 7) is 1.75. The van der Waals surface area contributed by atoms with Crippen LogP contribution in [0.3, 0.4) is 0 Å². The molecule has 0 radical (unpaired) electrons. The van der Waals surface area contributed by atoms with E-state index in [0.29, 0.717) is 5.71 Å². The molecular weight excluding hydrogens is 322 g/mol. The summed E-state index contributed by atoms with van der Waals surface area (Å²) in [7, 11) is 3.95. The zero-order valence-corrected chi connectivity index (χ0v) is 14.7. The van der Waals surface area contributed by atoms with E-state index in [-0.39, 0.29) is 10.2 Å². The van der Waals surface area contributed by atoms with Gasteiger partial charge in [-0.2, -0.15) is 0 Å². The van der Waals surface area contributed by atoms with E-state index in [1.807, 2.05) is 67.5 Å². The molecule has 1 aliphatic rings. The number of fused-ring (bicyclic) bond motifs is 1. The van der Waals surface area contributed by atoms with E-state index in [9.17, 15) is 10.1 Å². The normalized spacial score (nSPS) is 19.9. The van der Waals surface area contributed by atoms with Gasteiger partial charge in [-0.1, -0.05) is 24.3 Å². The summed E-state index contributed by atoms with van der Waals surface area (Å²) in [5.41, 5.74) is 3.36. The van der Waals surface area contributed by atoms with Crippen molar-refractivity contribution in [2.24, 2.45) is 4.99 Å². The molecule has 0 aromatic heterocycles. The van der Waals surface area contributed by atoms with Crippen LogP contribution in [0.1, 0.15) is 17.7 Å². The largest absolute Gasteiger partial charge is 0.378 e. The third kappa shape index (κ3) is 3.14. The Bertz CT molecular complexity index is 787. The summed E-state index contributed by atoms with van der Waals surface area (Å²) in [5, 5.41) is 11.4. The van der Waals surface area contributed by atoms with Gasteiger partial charge in [-0.25, -0.2) is 4.99 Å². The Hall–Kier alpha value is -2.34. The summed E-state index contributed by atoms with van der Waals surface area (Å²) >= 11 is 1.52. The third-order valence-electron chi connectivity index (χ3n) is 4.10. The molecule has 0 N–H and O–H groups in total. The van der Waals surface area contributed by atoms with Crippen LogP contribution in [-0.2, 0) is 0 Å². The molecule has 6 heteroatoms. The maximum absolute atomic E-state index is 11.7. The number of nitro groups is 1. The van der Waals surface area contributed by atoms with Gasteiger partial charge < -0.3 is 4.90 Å². The van der Waals surface area contributed by atoms with Gasteiger partial charge in [0, 0.05) is 29.6 Å². The zero-order chi connectivity index (χ0) is 17.3. The zero-order valence-electron chi connectivity index (χ0n) is 13.8. The van der Waals surface area contributed by atoms with Crippen molar-refractivity contribution < 1.29 is 4.92 Å². The molecule has 124 valence electrons. The van der Waals surface area contributed by atoms with E-state index >= 15 is 0 Å². The average molecular weight is 341 g/mol. The van der Waals surface area contributed by atoms with E-state index < -0.39 is 6.04 Å². The van der Waals surface area contributed by atoms with Crippen molar-refractivity contribution in [3.8, 4) is 0 Å². The summed E-state index contributed by atoms with van der Waals surface area (Å²) in [6, 6.07) is 14.8. The van der Waals surface area contributed by atoms with Crippen molar-refractivity contribution in [3.63, 3.8) is 0 Å². The maximum atomic E-state index is 11.7. The van der Waals surface area contributed by atoms with Crippen molar-refractivity contribution in [3.05, 3.63) is 64.2 Å². The lowest BCUT2D eigenvalue weighted by molar-refractivity contribution is -0.502. The molecule has 1 heterocycles. The SMILES string of the molecule is CC1=Nc2ccccc2SC(c2ccc(N(C)C)cc2)C1[N+](=O)[O-]. The number of nitrogens with zero attached hydrogens (tertiary/aromatic N) is 3. The molecule has 0 fully saturated rings. The second kappa shape index (κ2) is 6.65. The van der Waals surface area contributed by atoms with Crippen molar-refractivity contribution in [2.75, 3.05) is 19.0 Å². The van der Waals surface area contributed by atoms with E-state index in [1.165, 1.54) is 11.8 Å². The lowest BCUT2D eigenvalue weighted by atomic mass is 10.0. The number of hydrogen-bond donors (Lipinski definition) is 0. The molecule has 24 heavy (non-hydrogen) atoms. The Morgan fingerprint density at radius 1 is 1.12 bits per heavy atom. The van der Waals surface area contributed by atoms with Crippen molar-refractivity contribution in [1.29, 1.82) is 0 Å². The first-order valence-electron chi connectivity index (χ1n) is 7.69. The van der Waals surface area contributed by atoms with Gasteiger partial charge >= 0.3 is 0 Å². The van der Waals surface area contributed by atoms with Gasteiger partial charge in [-0.3, -0.25) is 10.1 Å². The van der Waals surface area contributed by atoms with Crippen molar-refractivity contribution in [2.45, 2.75) is 23.1 Å². The first-order valence-corrected chi connectivity index (χ1v) is 8.57. The predicted molar refractivity (Wildman–Crippen MR) is 99.4 cm³/mol. The Morgan fingerprint density at radius 3 is 2.42 bits per heavy atom. The molecule has 1 aliphatic heterocycles. The van der Waals surface area contributed by atoms with Gasteiger partial charge in [0.15, 0.2) is 0 Å². The van der Waals surface area contributed by atoms with Gasteiger partial charge in [0.25, 0.3) is 6.04 Å². The van der Waals surface area contributed by atoms with Gasteiger partial charge in [-0.05, 0) is 36.8 Å². The van der Waals surface area contributed by atoms with E-state index in [4.69, 9.17) is 0 Å². The smallest absolute Gasteiger partial charge is 0.266 e. The Labute approximate surface area is 145 Å². The molecule has 2 unspecified atom stereocenters. The lowest BCUT2D eigenvalue weighted by Crippen LogP contribution is -2.32. The molecule has 2 aromatic rings. The second-order valence-electron chi connectivity index (χ2n) is 5.98. The summed E-state index contributed by atoms with van der Waals surface area (Å²) in [6.07, 6.45) is 0. The van der Waals surface area contributed by atoms with Gasteiger partial charge in [0.2, 0.25) is 0 Å². The fraction of sp³-hybridized carbons (Fsp3) is 0.278. The highest BCUT2D eigenvalue weighted by Crippen LogP contribution is 2.45. The van der Waals surface area contributed by atoms with Crippen LogP contribution < -0.4 is 4.90 Å². The standard InChI is InChI=1S/C18H19N3O2S/c1-12-17(21(22)23)18(13-8-10-14(11-9-13)20(2)3)24-16-7-5-4-6-15(16)19-12/h4-11,17-18H,1-3H3. The molecule has 0 saturated heterocycles. The topological polar surface area (TPSA) is 58.7 Å². The van der Waals surface area contributed by atoms with E-state index in [2.05, 4.69) is 4.99 Å². The van der Waals surface area contributed by atoms with Gasteiger partial charge in [-0.15, -0.1) is 11.8 Å². The van der Waals surface area contributed by atoms with Crippen LogP contribution in [0.15, 0.2) is 58.4 Å². The van der Waals surface area contributed by atoms with E-state index in [0.717, 1.165) is 21.8 Å². The summed E-state index contributed by atoms with van der Waals surface area (Å²) < 4.78 is 0. The van der Waals surface area contributed by atoms with Crippen LogP contribution in [0.5, 0.6) is 0 Å². The number of anilines is 1. The van der Waals surface area contributed by atoms with Crippen molar-refractivity contribution >= 4 is 28.8 Å². The molecule has 0 spiro atoms. The van der Waals surface area contributed by atoms with Crippen LogP contribution in [0.25, 0.3) is 0 Å². The molecule has 0 aliphatic carbocycles. The quantitative estimate of drug-likeness (QED) is 0.615. The molecule has 3 rings (SSSR count). The van der Waals surface area contributed by atoms with Crippen LogP contribution in [0, 0.1) is 10.1 Å². The average Bonchev–Trinajstić information content (AvgIpc) is 2.70. The monoisotopic (exact) mass is 341 g/mol. The molecule has 2 aromatic carbocycles. The lowest BCUT2D eigenvalue weighted by Gasteiger charge is -2.20. The third-order valence-corrected chi connectivity index (χ3v) is 5.48. The highest BCUT2D eigenvalue weighted by molar-refractivity contribution is 7.99. The number of hydrogen-bond acceptors (Lipinski definition) is 5. The molecule has 5 nitrogen and oxygen atoms in total. The minimum atomic E-state index is -0.840. The Kier molecular flexibility index (Phi) is 4.57. The van der Waals surface area contributed by atoms with Crippen LogP contribution in [0.4, 0.5) is 11.4 Å². The van der Waals surface area contributed by atoms with Gasteiger partial charge in [0.1, 0.15) is 5.25 Å². The Balaban J connectivity index is 2.06. The first kappa shape index (κ1) is 16.5. The maximum Gasteiger partial charge on any atom is 0.266 e. The Morgan fingerprint density at radius 2 is 1.79 bits per heavy atom. The van der Waals surface area contributed by atoms with Crippen LogP contribution >= 0.6 is 11.8 Å². The second-order valence-corrected chi connectivity index (χ2v) is 7.16. The minimum Gasteiger partial charge on any atom is -0.378 e. The van der Waals surface area contributed by atoms with Gasteiger partial charge in [0.05, 0.1) is 11.4 Å². The number of aliphatic imine (C=N–C) groups is 1. The summed E-state index contributed by atoms with van der Waals surface area (Å²) in [5.74, 6) is 0.